The van der Waals surface area contributed by atoms with Crippen LogP contribution in [0.4, 0.5) is 0 Å². The fraction of sp³-hybridized carbons (Fsp3) is 0.857. The Labute approximate surface area is 114 Å². The number of amides is 2. The molecule has 2 atom stereocenters. The van der Waals surface area contributed by atoms with Crippen LogP contribution in [0.2, 0.25) is 0 Å². The lowest BCUT2D eigenvalue weighted by molar-refractivity contribution is -0.125. The molecule has 19 heavy (non-hydrogen) atoms. The summed E-state index contributed by atoms with van der Waals surface area (Å²) in [5, 5.41) is 9.14. The Hall–Kier alpha value is -1.10. The Bertz CT molecular complexity index is 329. The van der Waals surface area contributed by atoms with Crippen molar-refractivity contribution in [1.29, 1.82) is 0 Å². The fourth-order valence-electron chi connectivity index (χ4n) is 2.50. The second-order valence-corrected chi connectivity index (χ2v) is 5.79. The van der Waals surface area contributed by atoms with E-state index in [9.17, 15) is 9.59 Å². The van der Waals surface area contributed by atoms with E-state index in [0.717, 1.165) is 32.2 Å². The summed E-state index contributed by atoms with van der Waals surface area (Å²) in [6.45, 7) is 3.62. The molecular weight excluding hydrogens is 242 g/mol. The molecule has 0 aromatic carbocycles. The van der Waals surface area contributed by atoms with Gasteiger partial charge in [0, 0.05) is 19.0 Å². The van der Waals surface area contributed by atoms with Gasteiger partial charge in [-0.25, -0.2) is 0 Å². The van der Waals surface area contributed by atoms with E-state index in [1.165, 1.54) is 0 Å². The zero-order valence-electron chi connectivity index (χ0n) is 11.7. The summed E-state index contributed by atoms with van der Waals surface area (Å²) in [7, 11) is 0. The van der Waals surface area contributed by atoms with E-state index < -0.39 is 0 Å². The van der Waals surface area contributed by atoms with Crippen molar-refractivity contribution in [3.8, 4) is 0 Å². The monoisotopic (exact) mass is 267 g/mol. The molecule has 1 aliphatic carbocycles. The number of hydrogen-bond acceptors (Lipinski definition) is 3. The summed E-state index contributed by atoms with van der Waals surface area (Å²) in [5.41, 5.74) is 0. The summed E-state index contributed by atoms with van der Waals surface area (Å²) < 4.78 is 0. The molecule has 0 bridgehead atoms. The molecule has 2 rings (SSSR count). The SMILES string of the molecule is CC1CCCNC1C(=O)NCCCC(=O)NC1CC1. The van der Waals surface area contributed by atoms with Gasteiger partial charge in [0.15, 0.2) is 0 Å². The van der Waals surface area contributed by atoms with E-state index in [1.54, 1.807) is 0 Å². The highest BCUT2D eigenvalue weighted by molar-refractivity contribution is 5.82. The second kappa shape index (κ2) is 6.89. The van der Waals surface area contributed by atoms with E-state index in [0.29, 0.717) is 31.3 Å². The van der Waals surface area contributed by atoms with Crippen molar-refractivity contribution in [3.05, 3.63) is 0 Å². The Kier molecular flexibility index (Phi) is 5.19. The first-order valence-corrected chi connectivity index (χ1v) is 7.47. The summed E-state index contributed by atoms with van der Waals surface area (Å²) >= 11 is 0. The highest BCUT2D eigenvalue weighted by Gasteiger charge is 2.27. The van der Waals surface area contributed by atoms with Crippen LogP contribution in [0.15, 0.2) is 0 Å². The summed E-state index contributed by atoms with van der Waals surface area (Å²) in [5.74, 6) is 0.586. The molecule has 108 valence electrons. The van der Waals surface area contributed by atoms with E-state index in [1.807, 2.05) is 0 Å². The van der Waals surface area contributed by atoms with Gasteiger partial charge in [0.25, 0.3) is 0 Å². The van der Waals surface area contributed by atoms with E-state index >= 15 is 0 Å². The Balaban J connectivity index is 1.56. The predicted molar refractivity (Wildman–Crippen MR) is 73.6 cm³/mol. The van der Waals surface area contributed by atoms with Crippen LogP contribution >= 0.6 is 0 Å². The van der Waals surface area contributed by atoms with Crippen LogP contribution < -0.4 is 16.0 Å². The third-order valence-corrected chi connectivity index (χ3v) is 3.87. The molecule has 3 N–H and O–H groups in total. The molecule has 2 fully saturated rings. The maximum atomic E-state index is 12.0. The molecule has 2 aliphatic rings. The molecule has 1 aliphatic heterocycles. The standard InChI is InChI=1S/C14H25N3O2/c1-10-4-2-8-15-13(10)14(19)16-9-3-5-12(18)17-11-6-7-11/h10-11,13,15H,2-9H2,1H3,(H,16,19)(H,17,18). The first kappa shape index (κ1) is 14.3. The van der Waals surface area contributed by atoms with Crippen LogP contribution in [0, 0.1) is 5.92 Å². The predicted octanol–water partition coefficient (Wildman–Crippen LogP) is 0.550. The van der Waals surface area contributed by atoms with Gasteiger partial charge in [-0.05, 0) is 44.6 Å². The van der Waals surface area contributed by atoms with E-state index in [-0.39, 0.29) is 17.9 Å². The third-order valence-electron chi connectivity index (χ3n) is 3.87. The van der Waals surface area contributed by atoms with Crippen LogP contribution in [-0.2, 0) is 9.59 Å². The van der Waals surface area contributed by atoms with Crippen LogP contribution in [0.1, 0.15) is 45.4 Å². The fourth-order valence-corrected chi connectivity index (χ4v) is 2.50. The normalized spacial score (nSPS) is 26.8. The van der Waals surface area contributed by atoms with Crippen molar-refractivity contribution in [2.24, 2.45) is 5.92 Å². The Morgan fingerprint density at radius 2 is 2.05 bits per heavy atom. The summed E-state index contributed by atoms with van der Waals surface area (Å²) in [6.07, 6.45) is 5.71. The number of rotatable bonds is 6. The molecule has 0 radical (unpaired) electrons. The molecule has 1 heterocycles. The molecule has 1 saturated carbocycles. The van der Waals surface area contributed by atoms with Gasteiger partial charge in [0.2, 0.25) is 11.8 Å². The van der Waals surface area contributed by atoms with E-state index in [4.69, 9.17) is 0 Å². The van der Waals surface area contributed by atoms with Gasteiger partial charge in [-0.1, -0.05) is 6.92 Å². The Morgan fingerprint density at radius 1 is 1.26 bits per heavy atom. The first-order valence-electron chi connectivity index (χ1n) is 7.47. The van der Waals surface area contributed by atoms with Crippen LogP contribution in [0.25, 0.3) is 0 Å². The summed E-state index contributed by atoms with van der Waals surface area (Å²) in [4.78, 5) is 23.4. The maximum Gasteiger partial charge on any atom is 0.237 e. The van der Waals surface area contributed by atoms with Gasteiger partial charge in [-0.15, -0.1) is 0 Å². The van der Waals surface area contributed by atoms with Crippen molar-refractivity contribution in [2.75, 3.05) is 13.1 Å². The molecule has 0 aromatic rings. The minimum absolute atomic E-state index is 0.0611. The van der Waals surface area contributed by atoms with Crippen LogP contribution in [0.3, 0.4) is 0 Å². The van der Waals surface area contributed by atoms with Gasteiger partial charge in [-0.3, -0.25) is 9.59 Å². The number of nitrogens with one attached hydrogen (secondary N) is 3. The van der Waals surface area contributed by atoms with Crippen LogP contribution in [0.5, 0.6) is 0 Å². The number of hydrogen-bond donors (Lipinski definition) is 3. The molecule has 2 amide bonds. The molecule has 2 unspecified atom stereocenters. The van der Waals surface area contributed by atoms with E-state index in [2.05, 4.69) is 22.9 Å². The highest BCUT2D eigenvalue weighted by Crippen LogP contribution is 2.18. The number of carbonyl (C=O) groups excluding carboxylic acids is 2. The molecule has 5 nitrogen and oxygen atoms in total. The number of carbonyl (C=O) groups is 2. The topological polar surface area (TPSA) is 70.2 Å². The maximum absolute atomic E-state index is 12.0. The minimum atomic E-state index is -0.0611. The lowest BCUT2D eigenvalue weighted by Crippen LogP contribution is -2.51. The van der Waals surface area contributed by atoms with Gasteiger partial charge in [0.05, 0.1) is 6.04 Å². The quantitative estimate of drug-likeness (QED) is 0.616. The lowest BCUT2D eigenvalue weighted by atomic mass is 9.92. The van der Waals surface area contributed by atoms with Crippen LogP contribution in [-0.4, -0.2) is 37.0 Å². The lowest BCUT2D eigenvalue weighted by Gasteiger charge is -2.28. The molecular formula is C14H25N3O2. The van der Waals surface area contributed by atoms with Crippen molar-refractivity contribution in [2.45, 2.75) is 57.5 Å². The zero-order chi connectivity index (χ0) is 13.7. The average molecular weight is 267 g/mol. The molecule has 0 aromatic heterocycles. The zero-order valence-corrected chi connectivity index (χ0v) is 11.7. The van der Waals surface area contributed by atoms with Crippen molar-refractivity contribution < 1.29 is 9.59 Å². The van der Waals surface area contributed by atoms with Gasteiger partial charge >= 0.3 is 0 Å². The smallest absolute Gasteiger partial charge is 0.237 e. The first-order chi connectivity index (χ1) is 9.16. The van der Waals surface area contributed by atoms with Gasteiger partial charge in [0.1, 0.15) is 0 Å². The second-order valence-electron chi connectivity index (χ2n) is 5.79. The third kappa shape index (κ3) is 4.82. The van der Waals surface area contributed by atoms with Crippen molar-refractivity contribution >= 4 is 11.8 Å². The van der Waals surface area contributed by atoms with Gasteiger partial charge in [-0.2, -0.15) is 0 Å². The van der Waals surface area contributed by atoms with Crippen molar-refractivity contribution in [3.63, 3.8) is 0 Å². The number of piperidine rings is 1. The average Bonchev–Trinajstić information content (AvgIpc) is 3.19. The molecule has 1 saturated heterocycles. The van der Waals surface area contributed by atoms with Crippen molar-refractivity contribution in [1.82, 2.24) is 16.0 Å². The molecule has 5 heteroatoms. The molecule has 0 spiro atoms. The Morgan fingerprint density at radius 3 is 2.74 bits per heavy atom. The largest absolute Gasteiger partial charge is 0.355 e. The summed E-state index contributed by atoms with van der Waals surface area (Å²) in [6, 6.07) is 0.364. The highest BCUT2D eigenvalue weighted by atomic mass is 16.2. The minimum Gasteiger partial charge on any atom is -0.355 e. The van der Waals surface area contributed by atoms with Gasteiger partial charge < -0.3 is 16.0 Å².